The van der Waals surface area contributed by atoms with Crippen molar-refractivity contribution >= 4 is 0 Å². The van der Waals surface area contributed by atoms with E-state index in [-0.39, 0.29) is 17.5 Å². The second kappa shape index (κ2) is 6.02. The van der Waals surface area contributed by atoms with Crippen LogP contribution in [0.1, 0.15) is 38.2 Å². The monoisotopic (exact) mass is 265 g/mol. The summed E-state index contributed by atoms with van der Waals surface area (Å²) in [4.78, 5) is 0. The predicted molar refractivity (Wildman–Crippen MR) is 75.5 cm³/mol. The summed E-state index contributed by atoms with van der Waals surface area (Å²) in [5.74, 6) is 0.452. The van der Waals surface area contributed by atoms with E-state index in [1.807, 2.05) is 12.1 Å². The van der Waals surface area contributed by atoms with E-state index in [0.717, 1.165) is 19.3 Å². The summed E-state index contributed by atoms with van der Waals surface area (Å²) in [6, 6.07) is 6.71. The summed E-state index contributed by atoms with van der Waals surface area (Å²) < 4.78 is 19.5. The number of ether oxygens (including phenoxy) is 1. The van der Waals surface area contributed by atoms with Crippen molar-refractivity contribution in [1.29, 1.82) is 0 Å². The van der Waals surface area contributed by atoms with Crippen molar-refractivity contribution in [2.75, 3.05) is 7.11 Å². The maximum Gasteiger partial charge on any atom is 0.126 e. The van der Waals surface area contributed by atoms with Crippen molar-refractivity contribution in [2.24, 2.45) is 11.7 Å². The molecule has 1 aliphatic rings. The van der Waals surface area contributed by atoms with Gasteiger partial charge in [-0.1, -0.05) is 38.0 Å². The minimum atomic E-state index is -0.292. The first-order valence-electron chi connectivity index (χ1n) is 7.11. The van der Waals surface area contributed by atoms with Gasteiger partial charge >= 0.3 is 0 Å². The highest BCUT2D eigenvalue weighted by Crippen LogP contribution is 2.37. The molecule has 0 bridgehead atoms. The number of methoxy groups -OCH3 is 1. The molecule has 0 spiro atoms. The lowest BCUT2D eigenvalue weighted by Gasteiger charge is -2.43. The van der Waals surface area contributed by atoms with Gasteiger partial charge in [0, 0.05) is 13.2 Å². The Labute approximate surface area is 115 Å². The Morgan fingerprint density at radius 2 is 2.21 bits per heavy atom. The number of hydrogen-bond donors (Lipinski definition) is 1. The highest BCUT2D eigenvalue weighted by Gasteiger charge is 2.40. The molecule has 0 saturated heterocycles. The Kier molecular flexibility index (Phi) is 4.58. The Bertz CT molecular complexity index is 423. The van der Waals surface area contributed by atoms with Crippen LogP contribution >= 0.6 is 0 Å². The van der Waals surface area contributed by atoms with Gasteiger partial charge in [-0.25, -0.2) is 4.39 Å². The molecule has 1 aliphatic carbocycles. The maximum absolute atomic E-state index is 13.7. The van der Waals surface area contributed by atoms with Crippen LogP contribution in [0.5, 0.6) is 0 Å². The molecule has 1 saturated carbocycles. The van der Waals surface area contributed by atoms with Crippen LogP contribution < -0.4 is 5.73 Å². The Morgan fingerprint density at radius 1 is 1.47 bits per heavy atom. The lowest BCUT2D eigenvalue weighted by Crippen LogP contribution is -2.53. The Hall–Kier alpha value is -0.930. The van der Waals surface area contributed by atoms with E-state index in [4.69, 9.17) is 10.5 Å². The number of halogens is 1. The molecule has 106 valence electrons. The Balaban J connectivity index is 2.13. The van der Waals surface area contributed by atoms with Crippen LogP contribution in [-0.2, 0) is 11.2 Å². The minimum Gasteiger partial charge on any atom is -0.377 e. The smallest absolute Gasteiger partial charge is 0.126 e. The fourth-order valence-corrected chi connectivity index (χ4v) is 3.30. The maximum atomic E-state index is 13.7. The topological polar surface area (TPSA) is 35.2 Å². The molecule has 2 nitrogen and oxygen atoms in total. The molecule has 19 heavy (non-hydrogen) atoms. The molecule has 0 aromatic heterocycles. The van der Waals surface area contributed by atoms with Gasteiger partial charge in [0.1, 0.15) is 5.82 Å². The SMILES string of the molecule is COC1(C(N)Cc2ccccc2F)CCCC(C)C1. The van der Waals surface area contributed by atoms with Gasteiger partial charge in [-0.15, -0.1) is 0 Å². The summed E-state index contributed by atoms with van der Waals surface area (Å²) >= 11 is 0. The lowest BCUT2D eigenvalue weighted by molar-refractivity contribution is -0.0706. The third kappa shape index (κ3) is 3.15. The van der Waals surface area contributed by atoms with Gasteiger partial charge in [-0.05, 0) is 36.8 Å². The largest absolute Gasteiger partial charge is 0.377 e. The van der Waals surface area contributed by atoms with Gasteiger partial charge in [0.15, 0.2) is 0 Å². The highest BCUT2D eigenvalue weighted by atomic mass is 19.1. The molecule has 1 aromatic carbocycles. The van der Waals surface area contributed by atoms with Gasteiger partial charge in [0.25, 0.3) is 0 Å². The number of nitrogens with two attached hydrogens (primary N) is 1. The van der Waals surface area contributed by atoms with E-state index in [1.54, 1.807) is 13.2 Å². The average Bonchev–Trinajstić information content (AvgIpc) is 2.41. The molecular formula is C16H24FNO. The van der Waals surface area contributed by atoms with Crippen LogP contribution in [0, 0.1) is 11.7 Å². The number of hydrogen-bond acceptors (Lipinski definition) is 2. The number of benzene rings is 1. The third-order valence-electron chi connectivity index (χ3n) is 4.47. The molecule has 3 atom stereocenters. The van der Waals surface area contributed by atoms with Crippen molar-refractivity contribution in [2.45, 2.75) is 50.7 Å². The van der Waals surface area contributed by atoms with Crippen molar-refractivity contribution in [3.63, 3.8) is 0 Å². The molecule has 3 heteroatoms. The molecule has 2 rings (SSSR count). The molecule has 2 N–H and O–H groups in total. The zero-order valence-electron chi connectivity index (χ0n) is 11.9. The average molecular weight is 265 g/mol. The van der Waals surface area contributed by atoms with Crippen LogP contribution in [0.4, 0.5) is 4.39 Å². The lowest BCUT2D eigenvalue weighted by atomic mass is 9.73. The highest BCUT2D eigenvalue weighted by molar-refractivity contribution is 5.19. The minimum absolute atomic E-state index is 0.155. The molecule has 0 radical (unpaired) electrons. The molecule has 0 heterocycles. The van der Waals surface area contributed by atoms with Crippen LogP contribution in [-0.4, -0.2) is 18.8 Å². The summed E-state index contributed by atoms with van der Waals surface area (Å²) in [5.41, 5.74) is 6.76. The molecule has 1 fully saturated rings. The van der Waals surface area contributed by atoms with E-state index in [2.05, 4.69) is 6.92 Å². The van der Waals surface area contributed by atoms with Crippen molar-refractivity contribution < 1.29 is 9.13 Å². The second-order valence-electron chi connectivity index (χ2n) is 5.87. The van der Waals surface area contributed by atoms with Gasteiger partial charge in [-0.3, -0.25) is 0 Å². The van der Waals surface area contributed by atoms with E-state index in [9.17, 15) is 4.39 Å². The van der Waals surface area contributed by atoms with Gasteiger partial charge < -0.3 is 10.5 Å². The van der Waals surface area contributed by atoms with Gasteiger partial charge in [0.2, 0.25) is 0 Å². The van der Waals surface area contributed by atoms with Gasteiger partial charge in [-0.2, -0.15) is 0 Å². The first kappa shape index (κ1) is 14.5. The van der Waals surface area contributed by atoms with Crippen LogP contribution in [0.3, 0.4) is 0 Å². The first-order chi connectivity index (χ1) is 9.07. The summed E-state index contributed by atoms with van der Waals surface area (Å²) in [7, 11) is 1.74. The standard InChI is InChI=1S/C16H24FNO/c1-12-6-5-9-16(11-12,19-2)15(18)10-13-7-3-4-8-14(13)17/h3-4,7-8,12,15H,5-6,9-11,18H2,1-2H3. The normalized spacial score (nSPS) is 29.2. The fourth-order valence-electron chi connectivity index (χ4n) is 3.30. The predicted octanol–water partition coefficient (Wildman–Crippen LogP) is 3.29. The van der Waals surface area contributed by atoms with Crippen LogP contribution in [0.25, 0.3) is 0 Å². The van der Waals surface area contributed by atoms with Crippen LogP contribution in [0.15, 0.2) is 24.3 Å². The van der Waals surface area contributed by atoms with Crippen molar-refractivity contribution in [3.8, 4) is 0 Å². The van der Waals surface area contributed by atoms with E-state index >= 15 is 0 Å². The van der Waals surface area contributed by atoms with E-state index in [0.29, 0.717) is 17.9 Å². The number of rotatable bonds is 4. The van der Waals surface area contributed by atoms with E-state index in [1.165, 1.54) is 12.5 Å². The molecular weight excluding hydrogens is 241 g/mol. The fraction of sp³-hybridized carbons (Fsp3) is 0.625. The quantitative estimate of drug-likeness (QED) is 0.906. The summed E-state index contributed by atoms with van der Waals surface area (Å²) in [6.07, 6.45) is 4.85. The van der Waals surface area contributed by atoms with Crippen molar-refractivity contribution in [1.82, 2.24) is 0 Å². The van der Waals surface area contributed by atoms with Crippen LogP contribution in [0.2, 0.25) is 0 Å². The zero-order valence-corrected chi connectivity index (χ0v) is 11.9. The van der Waals surface area contributed by atoms with Crippen molar-refractivity contribution in [3.05, 3.63) is 35.6 Å². The molecule has 3 unspecified atom stereocenters. The third-order valence-corrected chi connectivity index (χ3v) is 4.47. The molecule has 0 amide bonds. The Morgan fingerprint density at radius 3 is 2.84 bits per heavy atom. The first-order valence-corrected chi connectivity index (χ1v) is 7.11. The molecule has 0 aliphatic heterocycles. The zero-order chi connectivity index (χ0) is 13.9. The van der Waals surface area contributed by atoms with E-state index < -0.39 is 0 Å². The second-order valence-corrected chi connectivity index (χ2v) is 5.87. The van der Waals surface area contributed by atoms with Gasteiger partial charge in [0.05, 0.1) is 5.60 Å². The summed E-state index contributed by atoms with van der Waals surface area (Å²) in [5, 5.41) is 0. The summed E-state index contributed by atoms with van der Waals surface area (Å²) in [6.45, 7) is 2.24. The molecule has 1 aromatic rings.